The van der Waals surface area contributed by atoms with Crippen LogP contribution in [0.3, 0.4) is 0 Å². The molecule has 0 unspecified atom stereocenters. The molecule has 0 spiro atoms. The average Bonchev–Trinajstić information content (AvgIpc) is 2.84. The molecule has 1 heterocycles. The summed E-state index contributed by atoms with van der Waals surface area (Å²) in [5.41, 5.74) is 1.74. The Morgan fingerprint density at radius 1 is 1.31 bits per heavy atom. The molecule has 3 rings (SSSR count). The number of ether oxygens (including phenoxy) is 1. The minimum atomic E-state index is 0.0680. The van der Waals surface area contributed by atoms with Gasteiger partial charge in [0.05, 0.1) is 12.6 Å². The molecule has 0 amide bonds. The van der Waals surface area contributed by atoms with Crippen molar-refractivity contribution in [2.45, 2.75) is 91.2 Å². The smallest absolute Gasteiger partial charge is 0.315 e. The summed E-state index contributed by atoms with van der Waals surface area (Å²) >= 11 is 0. The van der Waals surface area contributed by atoms with Crippen molar-refractivity contribution in [1.29, 1.82) is 0 Å². The first-order chi connectivity index (χ1) is 12.3. The highest BCUT2D eigenvalue weighted by Crippen LogP contribution is 2.56. The lowest BCUT2D eigenvalue weighted by molar-refractivity contribution is -0.690. The van der Waals surface area contributed by atoms with E-state index in [1.54, 1.807) is 0 Å². The second-order valence-electron chi connectivity index (χ2n) is 10.2. The number of allylic oxidation sites excluding steroid dienone is 1. The minimum absolute atomic E-state index is 0.0680. The number of nitrogens with two attached hydrogens (primary N) is 1. The summed E-state index contributed by atoms with van der Waals surface area (Å²) in [6.45, 7) is 14.6. The Morgan fingerprint density at radius 2 is 2.08 bits per heavy atom. The van der Waals surface area contributed by atoms with Crippen LogP contribution in [0.2, 0.25) is 0 Å². The molecular formula is C23H40NO2+. The largest absolute Gasteiger partial charge is 0.462 e. The minimum Gasteiger partial charge on any atom is -0.462 e. The summed E-state index contributed by atoms with van der Waals surface area (Å²) in [5, 5.41) is 2.40. The van der Waals surface area contributed by atoms with Gasteiger partial charge in [0, 0.05) is 5.92 Å². The lowest BCUT2D eigenvalue weighted by Gasteiger charge is -2.49. The molecule has 1 saturated heterocycles. The van der Waals surface area contributed by atoms with Crippen molar-refractivity contribution in [3.8, 4) is 0 Å². The molecule has 3 heteroatoms. The maximum atomic E-state index is 12.6. The lowest BCUT2D eigenvalue weighted by Crippen LogP contribution is -2.90. The van der Waals surface area contributed by atoms with Gasteiger partial charge < -0.3 is 10.1 Å². The van der Waals surface area contributed by atoms with Crippen LogP contribution in [-0.2, 0) is 9.53 Å². The molecule has 26 heavy (non-hydrogen) atoms. The Kier molecular flexibility index (Phi) is 6.16. The molecule has 2 saturated carbocycles. The van der Waals surface area contributed by atoms with Crippen molar-refractivity contribution in [2.75, 3.05) is 6.54 Å². The van der Waals surface area contributed by atoms with Gasteiger partial charge in [-0.3, -0.25) is 4.79 Å². The molecule has 3 nitrogen and oxygen atoms in total. The van der Waals surface area contributed by atoms with Gasteiger partial charge >= 0.3 is 5.97 Å². The topological polar surface area (TPSA) is 42.9 Å². The first-order valence-corrected chi connectivity index (χ1v) is 11.0. The maximum absolute atomic E-state index is 12.6. The predicted octanol–water partition coefficient (Wildman–Crippen LogP) is 4.08. The third kappa shape index (κ3) is 4.18. The Bertz CT molecular complexity index is 528. The van der Waals surface area contributed by atoms with Crippen LogP contribution in [0.15, 0.2) is 12.2 Å². The van der Waals surface area contributed by atoms with Crippen LogP contribution < -0.4 is 5.32 Å². The molecule has 2 aliphatic carbocycles. The highest BCUT2D eigenvalue weighted by molar-refractivity contribution is 5.75. The quantitative estimate of drug-likeness (QED) is 0.548. The Morgan fingerprint density at radius 3 is 2.81 bits per heavy atom. The van der Waals surface area contributed by atoms with E-state index in [4.69, 9.17) is 4.74 Å². The molecule has 0 radical (unpaired) electrons. The van der Waals surface area contributed by atoms with Crippen LogP contribution in [0, 0.1) is 29.1 Å². The van der Waals surface area contributed by atoms with Crippen LogP contribution in [0.25, 0.3) is 0 Å². The highest BCUT2D eigenvalue weighted by Gasteiger charge is 2.55. The fourth-order valence-corrected chi connectivity index (χ4v) is 5.87. The first kappa shape index (κ1) is 19.9. The number of hydrogen-bond acceptors (Lipinski definition) is 2. The molecule has 3 fully saturated rings. The zero-order chi connectivity index (χ0) is 18.9. The highest BCUT2D eigenvalue weighted by atomic mass is 16.6. The number of fused-ring (bicyclic) bond motifs is 2. The summed E-state index contributed by atoms with van der Waals surface area (Å²) in [6.07, 6.45) is 9.85. The van der Waals surface area contributed by atoms with Crippen molar-refractivity contribution in [3.63, 3.8) is 0 Å². The molecule has 2 N–H and O–H groups in total. The zero-order valence-corrected chi connectivity index (χ0v) is 17.4. The van der Waals surface area contributed by atoms with E-state index in [0.29, 0.717) is 23.3 Å². The van der Waals surface area contributed by atoms with Gasteiger partial charge in [-0.1, -0.05) is 39.3 Å². The molecule has 6 atom stereocenters. The van der Waals surface area contributed by atoms with Crippen LogP contribution in [-0.4, -0.2) is 24.7 Å². The number of rotatable bonds is 7. The zero-order valence-electron chi connectivity index (χ0n) is 17.4. The Labute approximate surface area is 160 Å². The van der Waals surface area contributed by atoms with Crippen molar-refractivity contribution in [2.24, 2.45) is 29.1 Å². The van der Waals surface area contributed by atoms with Gasteiger partial charge in [0.2, 0.25) is 0 Å². The van der Waals surface area contributed by atoms with E-state index >= 15 is 0 Å². The summed E-state index contributed by atoms with van der Waals surface area (Å²) in [7, 11) is 0. The summed E-state index contributed by atoms with van der Waals surface area (Å²) in [4.78, 5) is 12.6. The van der Waals surface area contributed by atoms with Crippen molar-refractivity contribution >= 4 is 5.97 Å². The molecule has 148 valence electrons. The summed E-state index contributed by atoms with van der Waals surface area (Å²) in [6, 6.07) is 0.596. The van der Waals surface area contributed by atoms with Crippen LogP contribution in [0.4, 0.5) is 0 Å². The molecule has 3 aliphatic rings. The SMILES string of the molecule is C=C1CCC[C@@]2(C)C[C@@H]3OC(=O)[C@@H](C[NH2+][C@@H](C)CCCC(C)C)[C@H]3C[C@@H]12. The van der Waals surface area contributed by atoms with Crippen LogP contribution in [0.1, 0.15) is 79.1 Å². The summed E-state index contributed by atoms with van der Waals surface area (Å²) in [5.74, 6) is 1.95. The average molecular weight is 363 g/mol. The number of quaternary nitrogens is 1. The van der Waals surface area contributed by atoms with Gasteiger partial charge in [-0.25, -0.2) is 0 Å². The van der Waals surface area contributed by atoms with Gasteiger partial charge in [-0.05, 0) is 69.1 Å². The molecule has 0 aromatic heterocycles. The third-order valence-electron chi connectivity index (χ3n) is 7.55. The predicted molar refractivity (Wildman–Crippen MR) is 106 cm³/mol. The second kappa shape index (κ2) is 8.04. The Hall–Kier alpha value is -0.830. The van der Waals surface area contributed by atoms with E-state index in [0.717, 1.165) is 25.3 Å². The first-order valence-electron chi connectivity index (χ1n) is 11.0. The normalized spacial score (nSPS) is 38.0. The standard InChI is InChI=1S/C23H39NO2/c1-15(2)8-6-10-17(4)24-14-19-18-12-20-16(3)9-7-11-23(20,5)13-21(18)26-22(19)25/h15,17-21,24H,3,6-14H2,1-2,4-5H3/p+1/t17-,18+,19-,20-,21-,23-/m0/s1. The number of carbonyl (C=O) groups excluding carboxylic acids is 1. The second-order valence-corrected chi connectivity index (χ2v) is 10.2. The van der Waals surface area contributed by atoms with E-state index in [2.05, 4.69) is 39.6 Å². The summed E-state index contributed by atoms with van der Waals surface area (Å²) < 4.78 is 5.88. The van der Waals surface area contributed by atoms with E-state index in [-0.39, 0.29) is 18.0 Å². The molecule has 0 aromatic rings. The molecular weight excluding hydrogens is 322 g/mol. The van der Waals surface area contributed by atoms with Crippen LogP contribution >= 0.6 is 0 Å². The van der Waals surface area contributed by atoms with Crippen molar-refractivity contribution in [3.05, 3.63) is 12.2 Å². The van der Waals surface area contributed by atoms with Crippen molar-refractivity contribution in [1.82, 2.24) is 0 Å². The fourth-order valence-electron chi connectivity index (χ4n) is 5.87. The number of esters is 1. The van der Waals surface area contributed by atoms with E-state index < -0.39 is 0 Å². The van der Waals surface area contributed by atoms with Crippen LogP contribution in [0.5, 0.6) is 0 Å². The van der Waals surface area contributed by atoms with E-state index in [9.17, 15) is 4.79 Å². The van der Waals surface area contributed by atoms with E-state index in [1.807, 2.05) is 0 Å². The van der Waals surface area contributed by atoms with Gasteiger partial charge in [0.25, 0.3) is 0 Å². The molecule has 0 bridgehead atoms. The van der Waals surface area contributed by atoms with E-state index in [1.165, 1.54) is 44.1 Å². The van der Waals surface area contributed by atoms with Gasteiger partial charge in [0.1, 0.15) is 12.0 Å². The monoisotopic (exact) mass is 362 g/mol. The molecule has 0 aromatic carbocycles. The molecule has 1 aliphatic heterocycles. The lowest BCUT2D eigenvalue weighted by atomic mass is 9.55. The third-order valence-corrected chi connectivity index (χ3v) is 7.55. The van der Waals surface area contributed by atoms with Gasteiger partial charge in [-0.15, -0.1) is 0 Å². The number of hydrogen-bond donors (Lipinski definition) is 1. The van der Waals surface area contributed by atoms with Crippen molar-refractivity contribution < 1.29 is 14.8 Å². The van der Waals surface area contributed by atoms with Gasteiger partial charge in [-0.2, -0.15) is 0 Å². The maximum Gasteiger partial charge on any atom is 0.315 e. The Balaban J connectivity index is 1.56. The van der Waals surface area contributed by atoms with Gasteiger partial charge in [0.15, 0.2) is 0 Å². The fraction of sp³-hybridized carbons (Fsp3) is 0.870. The number of carbonyl (C=O) groups is 1.